The number of carbonyl (C=O) groups excluding carboxylic acids is 1. The van der Waals surface area contributed by atoms with Gasteiger partial charge in [0, 0.05) is 23.4 Å². The van der Waals surface area contributed by atoms with Crippen molar-refractivity contribution in [3.63, 3.8) is 0 Å². The zero-order chi connectivity index (χ0) is 14.9. The Kier molecular flexibility index (Phi) is 4.09. The largest absolute Gasteiger partial charge is 0.383 e. The van der Waals surface area contributed by atoms with Crippen LogP contribution < -0.4 is 10.6 Å². The highest BCUT2D eigenvalue weighted by Crippen LogP contribution is 2.22. The van der Waals surface area contributed by atoms with E-state index in [1.54, 1.807) is 24.2 Å². The van der Waals surface area contributed by atoms with Crippen LogP contribution in [0.3, 0.4) is 0 Å². The Morgan fingerprint density at radius 2 is 1.80 bits per heavy atom. The second-order valence-corrected chi connectivity index (χ2v) is 5.71. The number of hydrogen-bond donors (Lipinski definition) is 1. The van der Waals surface area contributed by atoms with Crippen LogP contribution in [0, 0.1) is 13.8 Å². The highest BCUT2D eigenvalue weighted by molar-refractivity contribution is 9.10. The van der Waals surface area contributed by atoms with E-state index < -0.39 is 0 Å². The van der Waals surface area contributed by atoms with Gasteiger partial charge < -0.3 is 10.6 Å². The van der Waals surface area contributed by atoms with Gasteiger partial charge in [0.25, 0.3) is 5.91 Å². The number of pyridine rings is 1. The van der Waals surface area contributed by atoms with Crippen molar-refractivity contribution >= 4 is 33.3 Å². The number of aryl methyl sites for hydroxylation is 2. The average molecular weight is 334 g/mol. The summed E-state index contributed by atoms with van der Waals surface area (Å²) < 4.78 is 0.726. The van der Waals surface area contributed by atoms with Gasteiger partial charge in [-0.2, -0.15) is 0 Å². The molecule has 1 aromatic carbocycles. The summed E-state index contributed by atoms with van der Waals surface area (Å²) in [5, 5.41) is 0. The van der Waals surface area contributed by atoms with Crippen LogP contribution in [0.1, 0.15) is 21.5 Å². The highest BCUT2D eigenvalue weighted by Gasteiger charge is 2.17. The first-order valence-corrected chi connectivity index (χ1v) is 6.95. The van der Waals surface area contributed by atoms with Gasteiger partial charge in [-0.15, -0.1) is 0 Å². The van der Waals surface area contributed by atoms with Crippen LogP contribution in [0.2, 0.25) is 0 Å². The molecule has 20 heavy (non-hydrogen) atoms. The standard InChI is InChI=1S/C15H16BrN3O/c1-9-4-10(2)6-12(5-9)19(3)15(20)13-7-11(16)8-18-14(13)17/h4-8H,1-3H3,(H2,17,18). The van der Waals surface area contributed by atoms with Gasteiger partial charge in [0.2, 0.25) is 0 Å². The first-order valence-electron chi connectivity index (χ1n) is 6.16. The van der Waals surface area contributed by atoms with E-state index in [0.717, 1.165) is 21.3 Å². The number of amides is 1. The Hall–Kier alpha value is -1.88. The van der Waals surface area contributed by atoms with Crippen LogP contribution in [0.25, 0.3) is 0 Å². The topological polar surface area (TPSA) is 59.2 Å². The second kappa shape index (κ2) is 5.63. The fraction of sp³-hybridized carbons (Fsp3) is 0.200. The van der Waals surface area contributed by atoms with Crippen LogP contribution in [-0.2, 0) is 0 Å². The molecule has 2 N–H and O–H groups in total. The van der Waals surface area contributed by atoms with E-state index in [2.05, 4.69) is 27.0 Å². The number of aromatic nitrogens is 1. The van der Waals surface area contributed by atoms with Crippen LogP contribution in [-0.4, -0.2) is 17.9 Å². The Balaban J connectivity index is 2.39. The maximum Gasteiger partial charge on any atom is 0.261 e. The van der Waals surface area contributed by atoms with Gasteiger partial charge >= 0.3 is 0 Å². The number of hydrogen-bond acceptors (Lipinski definition) is 3. The number of carbonyl (C=O) groups is 1. The zero-order valence-corrected chi connectivity index (χ0v) is 13.2. The smallest absolute Gasteiger partial charge is 0.261 e. The Labute approximate surface area is 126 Å². The second-order valence-electron chi connectivity index (χ2n) is 4.80. The lowest BCUT2D eigenvalue weighted by molar-refractivity contribution is 0.0993. The zero-order valence-electron chi connectivity index (χ0n) is 11.6. The lowest BCUT2D eigenvalue weighted by Gasteiger charge is -2.19. The summed E-state index contributed by atoms with van der Waals surface area (Å²) in [7, 11) is 1.73. The minimum absolute atomic E-state index is 0.179. The molecule has 0 radical (unpaired) electrons. The van der Waals surface area contributed by atoms with E-state index in [0.29, 0.717) is 5.56 Å². The molecule has 4 nitrogen and oxygen atoms in total. The molecule has 0 unspecified atom stereocenters. The quantitative estimate of drug-likeness (QED) is 0.917. The first kappa shape index (κ1) is 14.5. The van der Waals surface area contributed by atoms with E-state index in [1.165, 1.54) is 0 Å². The third-order valence-electron chi connectivity index (χ3n) is 3.01. The number of halogens is 1. The number of rotatable bonds is 2. The number of nitrogen functional groups attached to an aromatic ring is 1. The molecule has 0 aliphatic heterocycles. The monoisotopic (exact) mass is 333 g/mol. The lowest BCUT2D eigenvalue weighted by atomic mass is 10.1. The predicted molar refractivity (Wildman–Crippen MR) is 85.0 cm³/mol. The van der Waals surface area contributed by atoms with Crippen LogP contribution in [0.15, 0.2) is 34.9 Å². The van der Waals surface area contributed by atoms with Crippen molar-refractivity contribution in [2.45, 2.75) is 13.8 Å². The molecule has 2 aromatic rings. The number of benzene rings is 1. The van der Waals surface area contributed by atoms with Crippen molar-refractivity contribution in [3.8, 4) is 0 Å². The molecular weight excluding hydrogens is 318 g/mol. The molecule has 0 bridgehead atoms. The number of nitrogens with two attached hydrogens (primary N) is 1. The van der Waals surface area contributed by atoms with Crippen LogP contribution in [0.4, 0.5) is 11.5 Å². The van der Waals surface area contributed by atoms with Crippen molar-refractivity contribution in [1.29, 1.82) is 0 Å². The fourth-order valence-electron chi connectivity index (χ4n) is 2.06. The molecular formula is C15H16BrN3O. The van der Waals surface area contributed by atoms with Crippen LogP contribution in [0.5, 0.6) is 0 Å². The third-order valence-corrected chi connectivity index (χ3v) is 3.45. The number of nitrogens with zero attached hydrogens (tertiary/aromatic N) is 2. The minimum Gasteiger partial charge on any atom is -0.383 e. The predicted octanol–water partition coefficient (Wildman–Crippen LogP) is 3.32. The molecule has 1 heterocycles. The molecule has 0 spiro atoms. The van der Waals surface area contributed by atoms with Gasteiger partial charge in [-0.05, 0) is 59.1 Å². The molecule has 0 atom stereocenters. The maximum absolute atomic E-state index is 12.5. The van der Waals surface area contributed by atoms with E-state index >= 15 is 0 Å². The summed E-state index contributed by atoms with van der Waals surface area (Å²) in [6.45, 7) is 4.01. The molecule has 104 valence electrons. The molecule has 0 saturated carbocycles. The molecule has 0 fully saturated rings. The van der Waals surface area contributed by atoms with Gasteiger partial charge in [0.1, 0.15) is 5.82 Å². The Morgan fingerprint density at radius 1 is 1.20 bits per heavy atom. The summed E-state index contributed by atoms with van der Waals surface area (Å²) in [5.74, 6) is 0.0516. The molecule has 0 aliphatic carbocycles. The summed E-state index contributed by atoms with van der Waals surface area (Å²) in [4.78, 5) is 18.1. The van der Waals surface area contributed by atoms with E-state index in [9.17, 15) is 4.79 Å². The van der Waals surface area contributed by atoms with Crippen molar-refractivity contribution in [1.82, 2.24) is 4.98 Å². The third kappa shape index (κ3) is 2.99. The molecule has 1 amide bonds. The average Bonchev–Trinajstić information content (AvgIpc) is 2.38. The number of anilines is 2. The van der Waals surface area contributed by atoms with Crippen molar-refractivity contribution in [3.05, 3.63) is 51.6 Å². The lowest BCUT2D eigenvalue weighted by Crippen LogP contribution is -2.27. The SMILES string of the molecule is Cc1cc(C)cc(N(C)C(=O)c2cc(Br)cnc2N)c1. The molecule has 5 heteroatoms. The maximum atomic E-state index is 12.5. The summed E-state index contributed by atoms with van der Waals surface area (Å²) >= 11 is 3.30. The van der Waals surface area contributed by atoms with Gasteiger partial charge in [-0.1, -0.05) is 6.07 Å². The molecule has 0 saturated heterocycles. The molecule has 2 rings (SSSR count). The van der Waals surface area contributed by atoms with Crippen LogP contribution >= 0.6 is 15.9 Å². The summed E-state index contributed by atoms with van der Waals surface area (Å²) in [5.41, 5.74) is 9.24. The molecule has 0 aliphatic rings. The van der Waals surface area contributed by atoms with E-state index in [-0.39, 0.29) is 11.7 Å². The van der Waals surface area contributed by atoms with Crippen molar-refractivity contribution in [2.75, 3.05) is 17.7 Å². The van der Waals surface area contributed by atoms with Gasteiger partial charge in [0.05, 0.1) is 5.56 Å². The first-order chi connectivity index (χ1) is 9.38. The summed E-state index contributed by atoms with van der Waals surface area (Å²) in [6, 6.07) is 7.68. The van der Waals surface area contributed by atoms with Crippen molar-refractivity contribution < 1.29 is 4.79 Å². The molecule has 1 aromatic heterocycles. The highest BCUT2D eigenvalue weighted by atomic mass is 79.9. The Morgan fingerprint density at radius 3 is 2.40 bits per heavy atom. The minimum atomic E-state index is -0.179. The van der Waals surface area contributed by atoms with Gasteiger partial charge in [-0.3, -0.25) is 4.79 Å². The van der Waals surface area contributed by atoms with Gasteiger partial charge in [0.15, 0.2) is 0 Å². The van der Waals surface area contributed by atoms with Crippen molar-refractivity contribution in [2.24, 2.45) is 0 Å². The Bertz CT molecular complexity index is 650. The van der Waals surface area contributed by atoms with E-state index in [1.807, 2.05) is 26.0 Å². The fourth-order valence-corrected chi connectivity index (χ4v) is 2.39. The van der Waals surface area contributed by atoms with E-state index in [4.69, 9.17) is 5.73 Å². The normalized spacial score (nSPS) is 10.4. The summed E-state index contributed by atoms with van der Waals surface area (Å²) in [6.07, 6.45) is 1.57. The van der Waals surface area contributed by atoms with Gasteiger partial charge in [-0.25, -0.2) is 4.98 Å².